The zero-order valence-corrected chi connectivity index (χ0v) is 13.3. The van der Waals surface area contributed by atoms with Gasteiger partial charge in [-0.15, -0.1) is 0 Å². The van der Waals surface area contributed by atoms with Crippen LogP contribution < -0.4 is 4.90 Å². The predicted octanol–water partition coefficient (Wildman–Crippen LogP) is 2.73. The lowest BCUT2D eigenvalue weighted by Gasteiger charge is -2.36. The second-order valence-electron chi connectivity index (χ2n) is 5.72. The molecule has 6 heteroatoms. The van der Waals surface area contributed by atoms with Crippen molar-refractivity contribution in [3.8, 4) is 0 Å². The van der Waals surface area contributed by atoms with Gasteiger partial charge in [-0.3, -0.25) is 9.59 Å². The van der Waals surface area contributed by atoms with Gasteiger partial charge >= 0.3 is 0 Å². The summed E-state index contributed by atoms with van der Waals surface area (Å²) in [7, 11) is 0. The molecule has 2 heterocycles. The Labute approximate surface area is 139 Å². The maximum Gasteiger partial charge on any atom is 0.223 e. The Morgan fingerprint density at radius 2 is 1.75 bits per heavy atom. The van der Waals surface area contributed by atoms with E-state index in [2.05, 4.69) is 0 Å². The lowest BCUT2D eigenvalue weighted by molar-refractivity contribution is -0.131. The maximum atomic E-state index is 13.8. The van der Waals surface area contributed by atoms with E-state index in [1.165, 1.54) is 12.3 Å². The molecule has 0 aliphatic carbocycles. The summed E-state index contributed by atoms with van der Waals surface area (Å²) in [5.74, 6) is -0.185. The van der Waals surface area contributed by atoms with Crippen LogP contribution in [0.15, 0.2) is 47.1 Å². The van der Waals surface area contributed by atoms with Gasteiger partial charge in [0.25, 0.3) is 0 Å². The van der Waals surface area contributed by atoms with Gasteiger partial charge in [-0.2, -0.15) is 0 Å². The fraction of sp³-hybridized carbons (Fsp3) is 0.333. The molecule has 0 saturated carbocycles. The summed E-state index contributed by atoms with van der Waals surface area (Å²) in [6.45, 7) is 2.22. The van der Waals surface area contributed by atoms with Gasteiger partial charge in [0.2, 0.25) is 5.91 Å². The summed E-state index contributed by atoms with van der Waals surface area (Å²) in [4.78, 5) is 27.8. The molecule has 1 amide bonds. The standard InChI is InChI=1S/C18H19FN2O3/c19-14-4-1-2-5-15(14)20-9-11-21(12-10-20)18(23)8-7-16(22)17-6-3-13-24-17/h1-6,13H,7-12H2. The molecular formula is C18H19FN2O3. The minimum absolute atomic E-state index is 0.0527. The highest BCUT2D eigenvalue weighted by Gasteiger charge is 2.23. The van der Waals surface area contributed by atoms with Crippen LogP contribution in [0.1, 0.15) is 23.4 Å². The first kappa shape index (κ1) is 16.2. The van der Waals surface area contributed by atoms with Gasteiger partial charge in [-0.25, -0.2) is 4.39 Å². The Kier molecular flexibility index (Phi) is 4.93. The Morgan fingerprint density at radius 3 is 2.42 bits per heavy atom. The molecular weight excluding hydrogens is 311 g/mol. The molecule has 0 bridgehead atoms. The molecule has 3 rings (SSSR count). The minimum atomic E-state index is -0.249. The summed E-state index contributed by atoms with van der Waals surface area (Å²) in [5, 5.41) is 0. The molecule has 0 N–H and O–H groups in total. The van der Waals surface area contributed by atoms with Gasteiger partial charge < -0.3 is 14.2 Å². The third-order valence-corrected chi connectivity index (χ3v) is 4.19. The molecule has 0 radical (unpaired) electrons. The Morgan fingerprint density at radius 1 is 1.00 bits per heavy atom. The number of anilines is 1. The highest BCUT2D eigenvalue weighted by atomic mass is 19.1. The molecule has 1 aromatic carbocycles. The molecule has 1 saturated heterocycles. The predicted molar refractivity (Wildman–Crippen MR) is 87.5 cm³/mol. The maximum absolute atomic E-state index is 13.8. The molecule has 1 fully saturated rings. The van der Waals surface area contributed by atoms with Crippen LogP contribution in [-0.2, 0) is 4.79 Å². The van der Waals surface area contributed by atoms with Crippen molar-refractivity contribution in [3.63, 3.8) is 0 Å². The molecule has 126 valence electrons. The van der Waals surface area contributed by atoms with E-state index in [9.17, 15) is 14.0 Å². The molecule has 1 aliphatic rings. The third kappa shape index (κ3) is 3.64. The first-order chi connectivity index (χ1) is 11.6. The van der Waals surface area contributed by atoms with E-state index < -0.39 is 0 Å². The number of halogens is 1. The highest BCUT2D eigenvalue weighted by Crippen LogP contribution is 2.20. The van der Waals surface area contributed by atoms with Crippen LogP contribution in [0.2, 0.25) is 0 Å². The van der Waals surface area contributed by atoms with Gasteiger partial charge in [-0.05, 0) is 24.3 Å². The zero-order chi connectivity index (χ0) is 16.9. The summed E-state index contributed by atoms with van der Waals surface area (Å²) in [6, 6.07) is 9.89. The van der Waals surface area contributed by atoms with Gasteiger partial charge in [0.15, 0.2) is 11.5 Å². The van der Waals surface area contributed by atoms with Gasteiger partial charge in [0, 0.05) is 39.0 Å². The van der Waals surface area contributed by atoms with Gasteiger partial charge in [0.1, 0.15) is 5.82 Å². The largest absolute Gasteiger partial charge is 0.461 e. The number of furan rings is 1. The average molecular weight is 330 g/mol. The molecule has 2 aromatic rings. The summed E-state index contributed by atoms with van der Waals surface area (Å²) in [6.07, 6.45) is 1.75. The van der Waals surface area contributed by atoms with Crippen molar-refractivity contribution in [1.29, 1.82) is 0 Å². The quantitative estimate of drug-likeness (QED) is 0.791. The minimum Gasteiger partial charge on any atom is -0.461 e. The van der Waals surface area contributed by atoms with Crippen molar-refractivity contribution < 1.29 is 18.4 Å². The van der Waals surface area contributed by atoms with Gasteiger partial charge in [0.05, 0.1) is 12.0 Å². The van der Waals surface area contributed by atoms with Crippen LogP contribution in [-0.4, -0.2) is 42.8 Å². The molecule has 1 aliphatic heterocycles. The monoisotopic (exact) mass is 330 g/mol. The van der Waals surface area contributed by atoms with E-state index in [1.54, 1.807) is 35.2 Å². The normalized spacial score (nSPS) is 14.7. The SMILES string of the molecule is O=C(CCC(=O)N1CCN(c2ccccc2F)CC1)c1ccco1. The lowest BCUT2D eigenvalue weighted by atomic mass is 10.1. The van der Waals surface area contributed by atoms with E-state index in [0.717, 1.165) is 0 Å². The van der Waals surface area contributed by atoms with Crippen molar-refractivity contribution in [1.82, 2.24) is 4.90 Å². The topological polar surface area (TPSA) is 53.8 Å². The molecule has 1 aromatic heterocycles. The van der Waals surface area contributed by atoms with Crippen LogP contribution >= 0.6 is 0 Å². The first-order valence-corrected chi connectivity index (χ1v) is 7.99. The fourth-order valence-corrected chi connectivity index (χ4v) is 2.84. The summed E-state index contributed by atoms with van der Waals surface area (Å²) < 4.78 is 18.8. The number of rotatable bonds is 5. The van der Waals surface area contributed by atoms with Crippen molar-refractivity contribution in [3.05, 3.63) is 54.2 Å². The number of hydrogen-bond donors (Lipinski definition) is 0. The van der Waals surface area contributed by atoms with Crippen molar-refractivity contribution >= 4 is 17.4 Å². The number of benzene rings is 1. The third-order valence-electron chi connectivity index (χ3n) is 4.19. The Hall–Kier alpha value is -2.63. The van der Waals surface area contributed by atoms with Crippen LogP contribution in [0, 0.1) is 5.82 Å². The average Bonchev–Trinajstić information content (AvgIpc) is 3.15. The number of ketones is 1. The van der Waals surface area contributed by atoms with E-state index in [4.69, 9.17) is 4.42 Å². The molecule has 0 spiro atoms. The van der Waals surface area contributed by atoms with Crippen molar-refractivity contribution in [2.24, 2.45) is 0 Å². The summed E-state index contributed by atoms with van der Waals surface area (Å²) in [5.41, 5.74) is 0.567. The van der Waals surface area contributed by atoms with Gasteiger partial charge in [-0.1, -0.05) is 12.1 Å². The summed E-state index contributed by atoms with van der Waals surface area (Å²) >= 11 is 0. The number of nitrogens with zero attached hydrogens (tertiary/aromatic N) is 2. The number of Topliss-reactive ketones (excluding diaryl/α,β-unsaturated/α-hetero) is 1. The van der Waals surface area contributed by atoms with E-state index in [-0.39, 0.29) is 36.1 Å². The fourth-order valence-electron chi connectivity index (χ4n) is 2.84. The first-order valence-electron chi connectivity index (χ1n) is 7.99. The number of carbonyl (C=O) groups is 2. The van der Waals surface area contributed by atoms with E-state index in [1.807, 2.05) is 4.90 Å². The highest BCUT2D eigenvalue weighted by molar-refractivity contribution is 5.95. The number of amides is 1. The van der Waals surface area contributed by atoms with E-state index >= 15 is 0 Å². The number of carbonyl (C=O) groups excluding carboxylic acids is 2. The number of piperazine rings is 1. The molecule has 5 nitrogen and oxygen atoms in total. The number of para-hydroxylation sites is 1. The van der Waals surface area contributed by atoms with Crippen molar-refractivity contribution in [2.75, 3.05) is 31.1 Å². The van der Waals surface area contributed by atoms with Crippen molar-refractivity contribution in [2.45, 2.75) is 12.8 Å². The smallest absolute Gasteiger partial charge is 0.223 e. The Balaban J connectivity index is 1.48. The zero-order valence-electron chi connectivity index (χ0n) is 13.3. The second kappa shape index (κ2) is 7.29. The van der Waals surface area contributed by atoms with E-state index in [0.29, 0.717) is 31.9 Å². The van der Waals surface area contributed by atoms with Crippen LogP contribution in [0.25, 0.3) is 0 Å². The second-order valence-corrected chi connectivity index (χ2v) is 5.72. The molecule has 0 unspecified atom stereocenters. The van der Waals surface area contributed by atoms with Crippen LogP contribution in [0.4, 0.5) is 10.1 Å². The lowest BCUT2D eigenvalue weighted by Crippen LogP contribution is -2.49. The van der Waals surface area contributed by atoms with Crippen LogP contribution in [0.5, 0.6) is 0 Å². The molecule has 0 atom stereocenters. The molecule has 24 heavy (non-hydrogen) atoms. The Bertz CT molecular complexity index is 707. The number of hydrogen-bond acceptors (Lipinski definition) is 4. The van der Waals surface area contributed by atoms with Crippen LogP contribution in [0.3, 0.4) is 0 Å².